The van der Waals surface area contributed by atoms with E-state index in [1.807, 2.05) is 13.0 Å². The van der Waals surface area contributed by atoms with Crippen LogP contribution in [0.2, 0.25) is 0 Å². The Balaban J connectivity index is 2.34. The normalized spacial score (nSPS) is 12.2. The molecular weight excluding hydrogens is 246 g/mol. The summed E-state index contributed by atoms with van der Waals surface area (Å²) in [7, 11) is 3.16. The SMILES string of the molecule is CCC(N)c1noc(-c2ccc(OC)c(OC)c2)n1. The van der Waals surface area contributed by atoms with Crippen LogP contribution in [0.3, 0.4) is 0 Å². The zero-order valence-corrected chi connectivity index (χ0v) is 11.2. The molecule has 102 valence electrons. The fourth-order valence-corrected chi connectivity index (χ4v) is 1.65. The van der Waals surface area contributed by atoms with Crippen LogP contribution < -0.4 is 15.2 Å². The Morgan fingerprint density at radius 1 is 1.26 bits per heavy atom. The zero-order chi connectivity index (χ0) is 13.8. The molecule has 1 atom stereocenters. The van der Waals surface area contributed by atoms with Crippen molar-refractivity contribution < 1.29 is 14.0 Å². The highest BCUT2D eigenvalue weighted by Crippen LogP contribution is 2.31. The lowest BCUT2D eigenvalue weighted by Crippen LogP contribution is -2.10. The molecule has 1 heterocycles. The Morgan fingerprint density at radius 2 is 2.00 bits per heavy atom. The van der Waals surface area contributed by atoms with Crippen molar-refractivity contribution in [2.45, 2.75) is 19.4 Å². The first kappa shape index (κ1) is 13.4. The Labute approximate surface area is 111 Å². The third kappa shape index (κ3) is 2.68. The highest BCUT2D eigenvalue weighted by atomic mass is 16.5. The first-order valence-corrected chi connectivity index (χ1v) is 6.01. The molecule has 0 fully saturated rings. The summed E-state index contributed by atoms with van der Waals surface area (Å²) in [6.45, 7) is 1.97. The standard InChI is InChI=1S/C13H17N3O3/c1-4-9(14)12-15-13(19-16-12)8-5-6-10(17-2)11(7-8)18-3/h5-7,9H,4,14H2,1-3H3. The molecule has 0 spiro atoms. The quantitative estimate of drug-likeness (QED) is 0.890. The number of benzene rings is 1. The average molecular weight is 263 g/mol. The van der Waals surface area contributed by atoms with Crippen molar-refractivity contribution in [1.82, 2.24) is 10.1 Å². The van der Waals surface area contributed by atoms with E-state index < -0.39 is 0 Å². The number of nitrogens with zero attached hydrogens (tertiary/aromatic N) is 2. The van der Waals surface area contributed by atoms with Gasteiger partial charge < -0.3 is 19.7 Å². The number of hydrogen-bond acceptors (Lipinski definition) is 6. The van der Waals surface area contributed by atoms with Gasteiger partial charge in [0, 0.05) is 5.56 Å². The summed E-state index contributed by atoms with van der Waals surface area (Å²) in [5.41, 5.74) is 6.62. The van der Waals surface area contributed by atoms with Crippen molar-refractivity contribution in [3.63, 3.8) is 0 Å². The third-order valence-corrected chi connectivity index (χ3v) is 2.84. The number of methoxy groups -OCH3 is 2. The Kier molecular flexibility index (Phi) is 4.01. The first-order chi connectivity index (χ1) is 9.19. The van der Waals surface area contributed by atoms with E-state index in [1.165, 1.54) is 0 Å². The molecule has 1 aromatic heterocycles. The van der Waals surface area contributed by atoms with E-state index in [-0.39, 0.29) is 6.04 Å². The number of aromatic nitrogens is 2. The van der Waals surface area contributed by atoms with E-state index >= 15 is 0 Å². The van der Waals surface area contributed by atoms with Crippen LogP contribution in [0.5, 0.6) is 11.5 Å². The molecule has 0 aliphatic heterocycles. The predicted octanol–water partition coefficient (Wildman–Crippen LogP) is 2.16. The van der Waals surface area contributed by atoms with Crippen LogP contribution >= 0.6 is 0 Å². The van der Waals surface area contributed by atoms with Gasteiger partial charge in [0.1, 0.15) is 0 Å². The second-order valence-corrected chi connectivity index (χ2v) is 4.04. The summed E-state index contributed by atoms with van der Waals surface area (Å²) in [6.07, 6.45) is 0.755. The van der Waals surface area contributed by atoms with E-state index in [9.17, 15) is 0 Å². The predicted molar refractivity (Wildman–Crippen MR) is 70.1 cm³/mol. The molecule has 19 heavy (non-hydrogen) atoms. The maximum Gasteiger partial charge on any atom is 0.258 e. The van der Waals surface area contributed by atoms with Gasteiger partial charge in [0.2, 0.25) is 0 Å². The number of rotatable bonds is 5. The molecule has 1 aromatic carbocycles. The minimum Gasteiger partial charge on any atom is -0.493 e. The van der Waals surface area contributed by atoms with Crippen molar-refractivity contribution in [1.29, 1.82) is 0 Å². The lowest BCUT2D eigenvalue weighted by molar-refractivity contribution is 0.354. The Hall–Kier alpha value is -2.08. The van der Waals surface area contributed by atoms with Gasteiger partial charge in [-0.05, 0) is 24.6 Å². The van der Waals surface area contributed by atoms with Crippen molar-refractivity contribution in [3.8, 4) is 23.0 Å². The van der Waals surface area contributed by atoms with Crippen LogP contribution in [0, 0.1) is 0 Å². The summed E-state index contributed by atoms with van der Waals surface area (Å²) in [5.74, 6) is 2.18. The van der Waals surface area contributed by atoms with Gasteiger partial charge in [0.25, 0.3) is 5.89 Å². The van der Waals surface area contributed by atoms with Crippen LogP contribution in [0.1, 0.15) is 25.2 Å². The van der Waals surface area contributed by atoms with E-state index in [1.54, 1.807) is 26.4 Å². The van der Waals surface area contributed by atoms with Gasteiger partial charge in [0.05, 0.1) is 20.3 Å². The van der Waals surface area contributed by atoms with E-state index in [0.29, 0.717) is 23.2 Å². The van der Waals surface area contributed by atoms with Crippen LogP contribution in [-0.2, 0) is 0 Å². The molecule has 0 saturated heterocycles. The second kappa shape index (κ2) is 5.71. The summed E-state index contributed by atoms with van der Waals surface area (Å²) in [6, 6.07) is 5.19. The van der Waals surface area contributed by atoms with Gasteiger partial charge in [-0.2, -0.15) is 4.98 Å². The molecule has 0 aliphatic carbocycles. The minimum atomic E-state index is -0.211. The maximum absolute atomic E-state index is 5.86. The smallest absolute Gasteiger partial charge is 0.258 e. The topological polar surface area (TPSA) is 83.4 Å². The van der Waals surface area contributed by atoms with Crippen molar-refractivity contribution in [2.24, 2.45) is 5.73 Å². The molecule has 2 rings (SSSR count). The van der Waals surface area contributed by atoms with Crippen molar-refractivity contribution >= 4 is 0 Å². The molecule has 6 heteroatoms. The third-order valence-electron chi connectivity index (χ3n) is 2.84. The summed E-state index contributed by atoms with van der Waals surface area (Å²) >= 11 is 0. The van der Waals surface area contributed by atoms with Gasteiger partial charge in [0.15, 0.2) is 17.3 Å². The molecule has 1 unspecified atom stereocenters. The lowest BCUT2D eigenvalue weighted by atomic mass is 10.2. The van der Waals surface area contributed by atoms with Crippen LogP contribution in [0.15, 0.2) is 22.7 Å². The number of ether oxygens (including phenoxy) is 2. The van der Waals surface area contributed by atoms with Crippen LogP contribution in [0.25, 0.3) is 11.5 Å². The molecule has 6 nitrogen and oxygen atoms in total. The van der Waals surface area contributed by atoms with Gasteiger partial charge in [-0.1, -0.05) is 12.1 Å². The van der Waals surface area contributed by atoms with Crippen molar-refractivity contribution in [2.75, 3.05) is 14.2 Å². The Bertz CT molecular complexity index is 554. The molecule has 0 aliphatic rings. The van der Waals surface area contributed by atoms with Crippen LogP contribution in [0.4, 0.5) is 0 Å². The Morgan fingerprint density at radius 3 is 2.63 bits per heavy atom. The molecular formula is C13H17N3O3. The minimum absolute atomic E-state index is 0.211. The lowest BCUT2D eigenvalue weighted by Gasteiger charge is -2.07. The first-order valence-electron chi connectivity index (χ1n) is 6.01. The maximum atomic E-state index is 5.86. The molecule has 2 N–H and O–H groups in total. The summed E-state index contributed by atoms with van der Waals surface area (Å²) < 4.78 is 15.6. The van der Waals surface area contributed by atoms with Gasteiger partial charge in [-0.15, -0.1) is 0 Å². The van der Waals surface area contributed by atoms with E-state index in [4.69, 9.17) is 19.7 Å². The molecule has 0 saturated carbocycles. The highest BCUT2D eigenvalue weighted by Gasteiger charge is 2.15. The highest BCUT2D eigenvalue weighted by molar-refractivity contribution is 5.59. The van der Waals surface area contributed by atoms with Crippen LogP contribution in [-0.4, -0.2) is 24.4 Å². The molecule has 0 radical (unpaired) electrons. The summed E-state index contributed by atoms with van der Waals surface area (Å²) in [5, 5.41) is 3.88. The molecule has 0 bridgehead atoms. The van der Waals surface area contributed by atoms with E-state index in [2.05, 4.69) is 10.1 Å². The van der Waals surface area contributed by atoms with Gasteiger partial charge in [-0.3, -0.25) is 0 Å². The molecule has 0 amide bonds. The monoisotopic (exact) mass is 263 g/mol. The molecule has 2 aromatic rings. The zero-order valence-electron chi connectivity index (χ0n) is 11.2. The average Bonchev–Trinajstić information content (AvgIpc) is 2.95. The fourth-order valence-electron chi connectivity index (χ4n) is 1.65. The second-order valence-electron chi connectivity index (χ2n) is 4.04. The number of hydrogen-bond donors (Lipinski definition) is 1. The number of nitrogens with two attached hydrogens (primary N) is 1. The van der Waals surface area contributed by atoms with Gasteiger partial charge >= 0.3 is 0 Å². The van der Waals surface area contributed by atoms with E-state index in [0.717, 1.165) is 12.0 Å². The fraction of sp³-hybridized carbons (Fsp3) is 0.385. The van der Waals surface area contributed by atoms with Gasteiger partial charge in [-0.25, -0.2) is 0 Å². The summed E-state index contributed by atoms with van der Waals surface area (Å²) in [4.78, 5) is 4.28. The van der Waals surface area contributed by atoms with Crippen molar-refractivity contribution in [3.05, 3.63) is 24.0 Å². The largest absolute Gasteiger partial charge is 0.493 e.